The van der Waals surface area contributed by atoms with Gasteiger partial charge in [0.25, 0.3) is 0 Å². The molecule has 1 saturated heterocycles. The molecule has 0 unspecified atom stereocenters. The minimum absolute atomic E-state index is 0.0579. The first kappa shape index (κ1) is 20.4. The molecule has 2 aromatic carbocycles. The Morgan fingerprint density at radius 3 is 2.40 bits per heavy atom. The summed E-state index contributed by atoms with van der Waals surface area (Å²) < 4.78 is 44.5. The average molecular weight is 428 g/mol. The van der Waals surface area contributed by atoms with Gasteiger partial charge in [-0.15, -0.1) is 0 Å². The van der Waals surface area contributed by atoms with Gasteiger partial charge in [0.15, 0.2) is 5.82 Å². The molecule has 0 saturated carbocycles. The number of anilines is 1. The predicted octanol–water partition coefficient (Wildman–Crippen LogP) is 2.51. The highest BCUT2D eigenvalue weighted by Crippen LogP contribution is 2.37. The summed E-state index contributed by atoms with van der Waals surface area (Å²) in [6.45, 7) is 3.10. The number of piperazine rings is 1. The number of nitrogens with one attached hydrogen (secondary N) is 1. The molecule has 3 aromatic rings. The molecule has 1 aliphatic heterocycles. The zero-order chi connectivity index (χ0) is 21.3. The maximum Gasteiger partial charge on any atom is 0.246 e. The van der Waals surface area contributed by atoms with E-state index in [1.54, 1.807) is 36.4 Å². The van der Waals surface area contributed by atoms with E-state index < -0.39 is 15.8 Å². The summed E-state index contributed by atoms with van der Waals surface area (Å²) in [5, 5.41) is 3.16. The second kappa shape index (κ2) is 8.10. The van der Waals surface area contributed by atoms with E-state index in [2.05, 4.69) is 15.3 Å². The fraction of sp³-hybridized carbons (Fsp3) is 0.238. The molecule has 4 rings (SSSR count). The largest absolute Gasteiger partial charge is 0.368 e. The van der Waals surface area contributed by atoms with Crippen LogP contribution in [-0.2, 0) is 10.0 Å². The van der Waals surface area contributed by atoms with E-state index >= 15 is 4.39 Å². The van der Waals surface area contributed by atoms with Crippen LogP contribution in [0.4, 0.5) is 10.3 Å². The fourth-order valence-corrected chi connectivity index (χ4v) is 5.56. The van der Waals surface area contributed by atoms with Gasteiger partial charge in [0, 0.05) is 54.8 Å². The summed E-state index contributed by atoms with van der Waals surface area (Å²) in [6.07, 6.45) is 2.76. The average Bonchev–Trinajstić information content (AvgIpc) is 2.75. The number of rotatable bonds is 4. The molecule has 0 spiro atoms. The van der Waals surface area contributed by atoms with Gasteiger partial charge < -0.3 is 11.1 Å². The Labute approximate surface area is 174 Å². The number of nitrogen functional groups attached to an aromatic ring is 1. The molecule has 9 heteroatoms. The lowest BCUT2D eigenvalue weighted by Crippen LogP contribution is -2.52. The van der Waals surface area contributed by atoms with Crippen molar-refractivity contribution in [1.82, 2.24) is 19.6 Å². The molecular formula is C21H22FN5O2S. The van der Waals surface area contributed by atoms with Crippen LogP contribution >= 0.6 is 0 Å². The van der Waals surface area contributed by atoms with Crippen LogP contribution in [0.2, 0.25) is 0 Å². The molecule has 0 amide bonds. The van der Waals surface area contributed by atoms with Crippen molar-refractivity contribution in [3.05, 3.63) is 60.7 Å². The van der Waals surface area contributed by atoms with Gasteiger partial charge in [-0.1, -0.05) is 42.5 Å². The van der Waals surface area contributed by atoms with E-state index in [1.165, 1.54) is 16.7 Å². The maximum absolute atomic E-state index is 15.9. The van der Waals surface area contributed by atoms with Crippen LogP contribution in [0.3, 0.4) is 0 Å². The summed E-state index contributed by atoms with van der Waals surface area (Å²) in [5.74, 6) is -0.766. The Kier molecular flexibility index (Phi) is 5.50. The van der Waals surface area contributed by atoms with Crippen LogP contribution in [0.15, 0.2) is 59.8 Å². The second-order valence-electron chi connectivity index (χ2n) is 7.17. The predicted molar refractivity (Wildman–Crippen MR) is 113 cm³/mol. The Morgan fingerprint density at radius 2 is 1.73 bits per heavy atom. The summed E-state index contributed by atoms with van der Waals surface area (Å²) in [7, 11) is -4.11. The highest BCUT2D eigenvalue weighted by atomic mass is 32.2. The number of nitrogens with two attached hydrogens (primary N) is 1. The van der Waals surface area contributed by atoms with Gasteiger partial charge in [0.1, 0.15) is 4.90 Å². The molecular weight excluding hydrogens is 405 g/mol. The van der Waals surface area contributed by atoms with Crippen molar-refractivity contribution in [3.8, 4) is 22.3 Å². The molecule has 2 heterocycles. The molecule has 1 aliphatic rings. The quantitative estimate of drug-likeness (QED) is 0.664. The first-order chi connectivity index (χ1) is 14.4. The zero-order valence-corrected chi connectivity index (χ0v) is 17.2. The van der Waals surface area contributed by atoms with Crippen molar-refractivity contribution in [2.45, 2.75) is 17.9 Å². The minimum atomic E-state index is -4.11. The number of hydrogen-bond donors (Lipinski definition) is 2. The minimum Gasteiger partial charge on any atom is -0.368 e. The molecule has 0 radical (unpaired) electrons. The van der Waals surface area contributed by atoms with E-state index in [9.17, 15) is 8.42 Å². The smallest absolute Gasteiger partial charge is 0.246 e. The highest BCUT2D eigenvalue weighted by molar-refractivity contribution is 7.89. The molecule has 156 valence electrons. The lowest BCUT2D eigenvalue weighted by atomic mass is 10.0. The number of hydrogen-bond acceptors (Lipinski definition) is 6. The number of sulfonamides is 1. The molecule has 1 fully saturated rings. The van der Waals surface area contributed by atoms with Crippen molar-refractivity contribution in [2.24, 2.45) is 0 Å². The van der Waals surface area contributed by atoms with Gasteiger partial charge in [0.2, 0.25) is 16.0 Å². The second-order valence-corrected chi connectivity index (χ2v) is 9.00. The Bertz CT molecular complexity index is 1150. The molecule has 1 atom stereocenters. The van der Waals surface area contributed by atoms with Crippen molar-refractivity contribution in [1.29, 1.82) is 0 Å². The zero-order valence-electron chi connectivity index (χ0n) is 16.4. The molecule has 0 aliphatic carbocycles. The number of nitrogens with zero attached hydrogens (tertiary/aromatic N) is 3. The van der Waals surface area contributed by atoms with Crippen molar-refractivity contribution in [2.75, 3.05) is 25.4 Å². The van der Waals surface area contributed by atoms with E-state index in [1.807, 2.05) is 13.0 Å². The monoisotopic (exact) mass is 427 g/mol. The van der Waals surface area contributed by atoms with Gasteiger partial charge in [0.05, 0.1) is 0 Å². The van der Waals surface area contributed by atoms with E-state index in [-0.39, 0.29) is 29.0 Å². The third kappa shape index (κ3) is 3.67. The molecule has 7 nitrogen and oxygen atoms in total. The molecule has 0 bridgehead atoms. The summed E-state index contributed by atoms with van der Waals surface area (Å²) in [5.41, 5.74) is 6.93. The van der Waals surface area contributed by atoms with Crippen LogP contribution < -0.4 is 11.1 Å². The van der Waals surface area contributed by atoms with Crippen LogP contribution in [0, 0.1) is 5.82 Å². The lowest BCUT2D eigenvalue weighted by Gasteiger charge is -2.33. The molecule has 1 aromatic heterocycles. The van der Waals surface area contributed by atoms with Crippen molar-refractivity contribution >= 4 is 16.0 Å². The van der Waals surface area contributed by atoms with Gasteiger partial charge in [-0.2, -0.15) is 4.31 Å². The summed E-state index contributed by atoms with van der Waals surface area (Å²) in [4.78, 5) is 7.47. The SMILES string of the molecule is C[C@@H]1CNCCN1S(=O)(=O)c1c(-c2ccccc2)ccc(-c2cnc(N)nc2)c1F. The third-order valence-corrected chi connectivity index (χ3v) is 7.25. The Balaban J connectivity index is 1.95. The maximum atomic E-state index is 15.9. The number of halogens is 1. The highest BCUT2D eigenvalue weighted by Gasteiger charge is 2.36. The first-order valence-corrected chi connectivity index (χ1v) is 11.0. The lowest BCUT2D eigenvalue weighted by molar-refractivity contribution is 0.283. The Morgan fingerprint density at radius 1 is 1.07 bits per heavy atom. The van der Waals surface area contributed by atoms with E-state index in [4.69, 9.17) is 5.73 Å². The van der Waals surface area contributed by atoms with Crippen molar-refractivity contribution in [3.63, 3.8) is 0 Å². The van der Waals surface area contributed by atoms with Crippen LogP contribution in [0.25, 0.3) is 22.3 Å². The van der Waals surface area contributed by atoms with Gasteiger partial charge in [-0.05, 0) is 12.5 Å². The number of benzene rings is 2. The topological polar surface area (TPSA) is 101 Å². The first-order valence-electron chi connectivity index (χ1n) is 9.58. The van der Waals surface area contributed by atoms with Crippen LogP contribution in [0.5, 0.6) is 0 Å². The van der Waals surface area contributed by atoms with Gasteiger partial charge in [-0.3, -0.25) is 0 Å². The van der Waals surface area contributed by atoms with E-state index in [0.29, 0.717) is 29.8 Å². The van der Waals surface area contributed by atoms with Gasteiger partial charge >= 0.3 is 0 Å². The van der Waals surface area contributed by atoms with Crippen LogP contribution in [-0.4, -0.2) is 48.4 Å². The molecule has 30 heavy (non-hydrogen) atoms. The van der Waals surface area contributed by atoms with Gasteiger partial charge in [-0.25, -0.2) is 22.8 Å². The standard InChI is InChI=1S/C21H22FN5O2S/c1-14-11-24-9-10-27(14)30(28,29)20-18(15-5-3-2-4-6-15)8-7-17(19(20)22)16-12-25-21(23)26-13-16/h2-8,12-14,24H,9-11H2,1H3,(H2,23,25,26)/t14-/m1/s1. The number of aromatic nitrogens is 2. The normalized spacial score (nSPS) is 17.7. The van der Waals surface area contributed by atoms with Crippen molar-refractivity contribution < 1.29 is 12.8 Å². The Hall–Kier alpha value is -2.88. The van der Waals surface area contributed by atoms with Crippen LogP contribution in [0.1, 0.15) is 6.92 Å². The molecule has 3 N–H and O–H groups in total. The van der Waals surface area contributed by atoms with E-state index in [0.717, 1.165) is 0 Å². The third-order valence-electron chi connectivity index (χ3n) is 5.17. The summed E-state index contributed by atoms with van der Waals surface area (Å²) in [6, 6.07) is 11.8. The summed E-state index contributed by atoms with van der Waals surface area (Å²) >= 11 is 0. The fourth-order valence-electron chi connectivity index (χ4n) is 3.65.